The summed E-state index contributed by atoms with van der Waals surface area (Å²) >= 11 is 0. The molecule has 0 aliphatic rings. The molecule has 0 aliphatic carbocycles. The third-order valence-corrected chi connectivity index (χ3v) is 3.46. The summed E-state index contributed by atoms with van der Waals surface area (Å²) in [5.74, 6) is 2.45. The number of ether oxygens (including phenoxy) is 1. The maximum absolute atomic E-state index is 5.81. The zero-order valence-corrected chi connectivity index (χ0v) is 12.5. The molecule has 0 radical (unpaired) electrons. The van der Waals surface area contributed by atoms with Gasteiger partial charge >= 0.3 is 0 Å². The molecule has 2 N–H and O–H groups in total. The maximum Gasteiger partial charge on any atom is 0.134 e. The Morgan fingerprint density at radius 1 is 0.955 bits per heavy atom. The van der Waals surface area contributed by atoms with Crippen LogP contribution in [0.1, 0.15) is 24.3 Å². The molecule has 1 atom stereocenters. The smallest absolute Gasteiger partial charge is 0.134 e. The summed E-state index contributed by atoms with van der Waals surface area (Å²) in [5, 5.41) is 0. The number of nitrogens with two attached hydrogens (primary N) is 1. The van der Waals surface area contributed by atoms with Gasteiger partial charge in [-0.25, -0.2) is 0 Å². The quantitative estimate of drug-likeness (QED) is 0.751. The van der Waals surface area contributed by atoms with Crippen LogP contribution in [0, 0.1) is 0 Å². The molecule has 3 heteroatoms. The van der Waals surface area contributed by atoms with E-state index in [1.165, 1.54) is 0 Å². The van der Waals surface area contributed by atoms with Gasteiger partial charge in [-0.2, -0.15) is 0 Å². The van der Waals surface area contributed by atoms with E-state index in [9.17, 15) is 0 Å². The van der Waals surface area contributed by atoms with Crippen molar-refractivity contribution in [2.24, 2.45) is 5.73 Å². The third-order valence-electron chi connectivity index (χ3n) is 3.46. The standard InChI is InChI=1S/C19H19NO2/c1-14(20)18-11-12-19(22-18)16-7-9-17(10-8-16)21-13-15-5-3-2-4-6-15/h2-12,14H,13,20H2,1H3. The highest BCUT2D eigenvalue weighted by Crippen LogP contribution is 2.26. The van der Waals surface area contributed by atoms with Crippen LogP contribution in [-0.4, -0.2) is 0 Å². The Morgan fingerprint density at radius 3 is 2.32 bits per heavy atom. The lowest BCUT2D eigenvalue weighted by atomic mass is 10.1. The molecule has 22 heavy (non-hydrogen) atoms. The summed E-state index contributed by atoms with van der Waals surface area (Å²) < 4.78 is 11.5. The average Bonchev–Trinajstić information content (AvgIpc) is 3.05. The van der Waals surface area contributed by atoms with Gasteiger partial charge in [0.05, 0.1) is 6.04 Å². The number of hydrogen-bond donors (Lipinski definition) is 1. The average molecular weight is 293 g/mol. The van der Waals surface area contributed by atoms with Crippen LogP contribution in [0.25, 0.3) is 11.3 Å². The number of furan rings is 1. The van der Waals surface area contributed by atoms with Crippen LogP contribution in [0.15, 0.2) is 71.1 Å². The highest BCUT2D eigenvalue weighted by atomic mass is 16.5. The molecule has 0 aliphatic heterocycles. The second-order valence-corrected chi connectivity index (χ2v) is 5.29. The lowest BCUT2D eigenvalue weighted by Gasteiger charge is -2.07. The van der Waals surface area contributed by atoms with Gasteiger partial charge in [-0.1, -0.05) is 30.3 Å². The largest absolute Gasteiger partial charge is 0.489 e. The van der Waals surface area contributed by atoms with Crippen molar-refractivity contribution >= 4 is 0 Å². The topological polar surface area (TPSA) is 48.4 Å². The summed E-state index contributed by atoms with van der Waals surface area (Å²) in [6.07, 6.45) is 0. The number of rotatable bonds is 5. The highest BCUT2D eigenvalue weighted by Gasteiger charge is 2.08. The predicted molar refractivity (Wildman–Crippen MR) is 87.5 cm³/mol. The second kappa shape index (κ2) is 6.50. The van der Waals surface area contributed by atoms with Crippen molar-refractivity contribution in [2.75, 3.05) is 0 Å². The summed E-state index contributed by atoms with van der Waals surface area (Å²) in [6, 6.07) is 21.8. The first kappa shape index (κ1) is 14.4. The molecule has 0 amide bonds. The fourth-order valence-electron chi connectivity index (χ4n) is 2.21. The van der Waals surface area contributed by atoms with Crippen molar-refractivity contribution in [3.63, 3.8) is 0 Å². The third kappa shape index (κ3) is 3.38. The minimum Gasteiger partial charge on any atom is -0.489 e. The molecule has 3 rings (SSSR count). The Kier molecular flexibility index (Phi) is 4.26. The van der Waals surface area contributed by atoms with Crippen LogP contribution < -0.4 is 10.5 Å². The van der Waals surface area contributed by atoms with Gasteiger partial charge in [0.15, 0.2) is 0 Å². The molecule has 112 valence electrons. The van der Waals surface area contributed by atoms with Crippen molar-refractivity contribution in [1.82, 2.24) is 0 Å². The molecule has 0 spiro atoms. The van der Waals surface area contributed by atoms with Crippen molar-refractivity contribution in [1.29, 1.82) is 0 Å². The van der Waals surface area contributed by atoms with E-state index in [4.69, 9.17) is 14.9 Å². The number of hydrogen-bond acceptors (Lipinski definition) is 3. The molecule has 3 nitrogen and oxygen atoms in total. The molecule has 0 saturated carbocycles. The van der Waals surface area contributed by atoms with Gasteiger partial charge in [-0.15, -0.1) is 0 Å². The molecule has 0 bridgehead atoms. The monoisotopic (exact) mass is 293 g/mol. The predicted octanol–water partition coefficient (Wildman–Crippen LogP) is 4.55. The van der Waals surface area contributed by atoms with Gasteiger partial charge in [-0.3, -0.25) is 0 Å². The first-order valence-electron chi connectivity index (χ1n) is 7.35. The second-order valence-electron chi connectivity index (χ2n) is 5.29. The summed E-state index contributed by atoms with van der Waals surface area (Å²) in [7, 11) is 0. The fourth-order valence-corrected chi connectivity index (χ4v) is 2.21. The summed E-state index contributed by atoms with van der Waals surface area (Å²) in [6.45, 7) is 2.47. The van der Waals surface area contributed by atoms with Crippen molar-refractivity contribution in [2.45, 2.75) is 19.6 Å². The molecule has 0 saturated heterocycles. The number of benzene rings is 2. The van der Waals surface area contributed by atoms with Gasteiger partial charge in [0.2, 0.25) is 0 Å². The van der Waals surface area contributed by atoms with E-state index in [1.54, 1.807) is 0 Å². The molecule has 1 heterocycles. The van der Waals surface area contributed by atoms with Gasteiger partial charge in [0, 0.05) is 5.56 Å². The van der Waals surface area contributed by atoms with Crippen molar-refractivity contribution < 1.29 is 9.15 Å². The zero-order chi connectivity index (χ0) is 15.4. The molecule has 0 fully saturated rings. The SMILES string of the molecule is CC(N)c1ccc(-c2ccc(OCc3ccccc3)cc2)o1. The molecular formula is C19H19NO2. The fraction of sp³-hybridized carbons (Fsp3) is 0.158. The van der Waals surface area contributed by atoms with Crippen LogP contribution >= 0.6 is 0 Å². The van der Waals surface area contributed by atoms with Gasteiger partial charge in [0.25, 0.3) is 0 Å². The van der Waals surface area contributed by atoms with Gasteiger partial charge in [-0.05, 0) is 48.9 Å². The Morgan fingerprint density at radius 2 is 1.68 bits per heavy atom. The molecule has 1 unspecified atom stereocenters. The summed E-state index contributed by atoms with van der Waals surface area (Å²) in [4.78, 5) is 0. The molecule has 1 aromatic heterocycles. The van der Waals surface area contributed by atoms with Crippen LogP contribution in [0.5, 0.6) is 5.75 Å². The van der Waals surface area contributed by atoms with Crippen LogP contribution in [0.4, 0.5) is 0 Å². The Hall–Kier alpha value is -2.52. The van der Waals surface area contributed by atoms with Crippen LogP contribution in [0.2, 0.25) is 0 Å². The van der Waals surface area contributed by atoms with E-state index in [0.717, 1.165) is 28.4 Å². The van der Waals surface area contributed by atoms with E-state index in [1.807, 2.05) is 73.7 Å². The molecule has 3 aromatic rings. The van der Waals surface area contributed by atoms with Gasteiger partial charge < -0.3 is 14.9 Å². The van der Waals surface area contributed by atoms with Gasteiger partial charge in [0.1, 0.15) is 23.9 Å². The van der Waals surface area contributed by atoms with E-state index in [2.05, 4.69) is 0 Å². The van der Waals surface area contributed by atoms with E-state index in [-0.39, 0.29) is 6.04 Å². The maximum atomic E-state index is 5.81. The lowest BCUT2D eigenvalue weighted by molar-refractivity contribution is 0.306. The van der Waals surface area contributed by atoms with E-state index in [0.29, 0.717) is 6.61 Å². The lowest BCUT2D eigenvalue weighted by Crippen LogP contribution is -2.02. The first-order valence-corrected chi connectivity index (χ1v) is 7.35. The Bertz CT molecular complexity index is 715. The Balaban J connectivity index is 1.67. The molecular weight excluding hydrogens is 274 g/mol. The summed E-state index contributed by atoms with van der Waals surface area (Å²) in [5.41, 5.74) is 7.98. The van der Waals surface area contributed by atoms with E-state index < -0.39 is 0 Å². The Labute approximate surface area is 130 Å². The van der Waals surface area contributed by atoms with Crippen LogP contribution in [-0.2, 0) is 6.61 Å². The van der Waals surface area contributed by atoms with Crippen molar-refractivity contribution in [3.8, 4) is 17.1 Å². The van der Waals surface area contributed by atoms with Crippen molar-refractivity contribution in [3.05, 3.63) is 78.1 Å². The normalized spacial score (nSPS) is 12.1. The van der Waals surface area contributed by atoms with E-state index >= 15 is 0 Å². The zero-order valence-electron chi connectivity index (χ0n) is 12.5. The first-order chi connectivity index (χ1) is 10.7. The van der Waals surface area contributed by atoms with Crippen LogP contribution in [0.3, 0.4) is 0 Å². The highest BCUT2D eigenvalue weighted by molar-refractivity contribution is 5.58. The minimum atomic E-state index is -0.0952. The minimum absolute atomic E-state index is 0.0952. The molecule has 2 aromatic carbocycles.